The monoisotopic (exact) mass is 248 g/mol. The van der Waals surface area contributed by atoms with Gasteiger partial charge in [0.25, 0.3) is 0 Å². The lowest BCUT2D eigenvalue weighted by molar-refractivity contribution is 0.391. The number of nitrogens with one attached hydrogen (secondary N) is 1. The Morgan fingerprint density at radius 1 is 1.39 bits per heavy atom. The smallest absolute Gasteiger partial charge is 0.203 e. The molecule has 18 heavy (non-hydrogen) atoms. The summed E-state index contributed by atoms with van der Waals surface area (Å²) < 4.78 is 7.18. The van der Waals surface area contributed by atoms with Crippen LogP contribution in [0.4, 0.5) is 5.95 Å². The SMILES string of the molecule is Cc1cn(CC(C)C)c(NCc2cc(C)on2)n1. The first-order valence-electron chi connectivity index (χ1n) is 6.24. The Morgan fingerprint density at radius 3 is 2.78 bits per heavy atom. The van der Waals surface area contributed by atoms with Gasteiger partial charge in [0.15, 0.2) is 0 Å². The molecule has 0 amide bonds. The van der Waals surface area contributed by atoms with E-state index in [1.165, 1.54) is 0 Å². The van der Waals surface area contributed by atoms with Gasteiger partial charge in [0, 0.05) is 18.8 Å². The molecule has 0 saturated carbocycles. The number of hydrogen-bond donors (Lipinski definition) is 1. The van der Waals surface area contributed by atoms with Crippen LogP contribution < -0.4 is 5.32 Å². The summed E-state index contributed by atoms with van der Waals surface area (Å²) in [5.41, 5.74) is 1.92. The molecule has 0 aliphatic carbocycles. The Kier molecular flexibility index (Phi) is 3.69. The number of nitrogens with zero attached hydrogens (tertiary/aromatic N) is 3. The second kappa shape index (κ2) is 5.25. The molecule has 0 atom stereocenters. The summed E-state index contributed by atoms with van der Waals surface area (Å²) in [4.78, 5) is 4.48. The van der Waals surface area contributed by atoms with Crippen LogP contribution in [-0.2, 0) is 13.1 Å². The highest BCUT2D eigenvalue weighted by molar-refractivity contribution is 5.29. The van der Waals surface area contributed by atoms with E-state index in [0.717, 1.165) is 29.6 Å². The number of anilines is 1. The molecular weight excluding hydrogens is 228 g/mol. The molecule has 2 aromatic heterocycles. The second-order valence-electron chi connectivity index (χ2n) is 5.03. The minimum absolute atomic E-state index is 0.591. The molecule has 0 aliphatic heterocycles. The molecule has 5 heteroatoms. The van der Waals surface area contributed by atoms with E-state index in [-0.39, 0.29) is 0 Å². The highest BCUT2D eigenvalue weighted by Gasteiger charge is 2.08. The van der Waals surface area contributed by atoms with Crippen LogP contribution in [0.25, 0.3) is 0 Å². The first-order chi connectivity index (χ1) is 8.54. The molecule has 0 spiro atoms. The maximum absolute atomic E-state index is 5.04. The van der Waals surface area contributed by atoms with Crippen LogP contribution in [0.2, 0.25) is 0 Å². The predicted octanol–water partition coefficient (Wildman–Crippen LogP) is 2.76. The lowest BCUT2D eigenvalue weighted by Crippen LogP contribution is -2.10. The van der Waals surface area contributed by atoms with Crippen molar-refractivity contribution < 1.29 is 4.52 Å². The van der Waals surface area contributed by atoms with E-state index in [0.29, 0.717) is 12.5 Å². The summed E-state index contributed by atoms with van der Waals surface area (Å²) in [5, 5.41) is 7.25. The zero-order valence-electron chi connectivity index (χ0n) is 11.4. The summed E-state index contributed by atoms with van der Waals surface area (Å²) in [6, 6.07) is 1.93. The number of aromatic nitrogens is 3. The largest absolute Gasteiger partial charge is 0.361 e. The summed E-state index contributed by atoms with van der Waals surface area (Å²) >= 11 is 0. The maximum atomic E-state index is 5.04. The molecule has 0 bridgehead atoms. The molecule has 5 nitrogen and oxygen atoms in total. The van der Waals surface area contributed by atoms with Crippen LogP contribution in [0.3, 0.4) is 0 Å². The first-order valence-corrected chi connectivity index (χ1v) is 6.24. The first kappa shape index (κ1) is 12.7. The fourth-order valence-electron chi connectivity index (χ4n) is 1.89. The van der Waals surface area contributed by atoms with Crippen LogP contribution >= 0.6 is 0 Å². The van der Waals surface area contributed by atoms with Crippen molar-refractivity contribution in [3.63, 3.8) is 0 Å². The van der Waals surface area contributed by atoms with Crippen LogP contribution in [0.1, 0.15) is 31.0 Å². The molecule has 0 aliphatic rings. The van der Waals surface area contributed by atoms with Gasteiger partial charge in [0.05, 0.1) is 12.2 Å². The van der Waals surface area contributed by atoms with Gasteiger partial charge in [-0.05, 0) is 19.8 Å². The molecule has 2 rings (SSSR count). The van der Waals surface area contributed by atoms with Crippen LogP contribution in [-0.4, -0.2) is 14.7 Å². The van der Waals surface area contributed by atoms with Crippen molar-refractivity contribution in [3.05, 3.63) is 29.4 Å². The van der Waals surface area contributed by atoms with Gasteiger partial charge < -0.3 is 14.4 Å². The van der Waals surface area contributed by atoms with E-state index >= 15 is 0 Å². The van der Waals surface area contributed by atoms with Crippen molar-refractivity contribution in [2.45, 2.75) is 40.8 Å². The summed E-state index contributed by atoms with van der Waals surface area (Å²) in [5.74, 6) is 2.31. The van der Waals surface area contributed by atoms with Gasteiger partial charge in [-0.2, -0.15) is 0 Å². The van der Waals surface area contributed by atoms with E-state index in [1.54, 1.807) is 0 Å². The van der Waals surface area contributed by atoms with E-state index in [1.807, 2.05) is 19.9 Å². The molecule has 0 unspecified atom stereocenters. The maximum Gasteiger partial charge on any atom is 0.203 e. The van der Waals surface area contributed by atoms with Crippen LogP contribution in [0, 0.1) is 19.8 Å². The van der Waals surface area contributed by atoms with Crippen LogP contribution in [0.5, 0.6) is 0 Å². The van der Waals surface area contributed by atoms with E-state index < -0.39 is 0 Å². The summed E-state index contributed by atoms with van der Waals surface area (Å²) in [7, 11) is 0. The third-order valence-electron chi connectivity index (χ3n) is 2.56. The van der Waals surface area contributed by atoms with Crippen molar-refractivity contribution >= 4 is 5.95 Å². The summed E-state index contributed by atoms with van der Waals surface area (Å²) in [6.07, 6.45) is 2.07. The molecule has 98 valence electrons. The molecule has 0 radical (unpaired) electrons. The van der Waals surface area contributed by atoms with Crippen molar-refractivity contribution in [2.75, 3.05) is 5.32 Å². The molecule has 0 aromatic carbocycles. The molecule has 2 heterocycles. The van der Waals surface area contributed by atoms with E-state index in [2.05, 4.69) is 40.1 Å². The molecule has 0 saturated heterocycles. The van der Waals surface area contributed by atoms with Gasteiger partial charge in [-0.15, -0.1) is 0 Å². The average Bonchev–Trinajstić information content (AvgIpc) is 2.82. The standard InChI is InChI=1S/C13H20N4O/c1-9(2)7-17-8-10(3)15-13(17)14-6-12-5-11(4)18-16-12/h5,8-9H,6-7H2,1-4H3,(H,14,15). The Morgan fingerprint density at radius 2 is 2.17 bits per heavy atom. The second-order valence-corrected chi connectivity index (χ2v) is 5.03. The Labute approximate surface area is 107 Å². The number of rotatable bonds is 5. The Bertz CT molecular complexity index is 513. The normalized spacial score (nSPS) is 11.2. The van der Waals surface area contributed by atoms with Crippen molar-refractivity contribution in [2.24, 2.45) is 5.92 Å². The minimum atomic E-state index is 0.591. The topological polar surface area (TPSA) is 55.9 Å². The third-order valence-corrected chi connectivity index (χ3v) is 2.56. The zero-order chi connectivity index (χ0) is 13.1. The quantitative estimate of drug-likeness (QED) is 0.884. The fourth-order valence-corrected chi connectivity index (χ4v) is 1.89. The van der Waals surface area contributed by atoms with Gasteiger partial charge in [-0.3, -0.25) is 0 Å². The highest BCUT2D eigenvalue weighted by Crippen LogP contribution is 2.12. The minimum Gasteiger partial charge on any atom is -0.361 e. The summed E-state index contributed by atoms with van der Waals surface area (Å²) in [6.45, 7) is 9.87. The van der Waals surface area contributed by atoms with Gasteiger partial charge in [0.1, 0.15) is 11.5 Å². The lowest BCUT2D eigenvalue weighted by Gasteiger charge is -2.10. The highest BCUT2D eigenvalue weighted by atomic mass is 16.5. The third kappa shape index (κ3) is 3.12. The molecule has 2 aromatic rings. The van der Waals surface area contributed by atoms with Gasteiger partial charge >= 0.3 is 0 Å². The Balaban J connectivity index is 2.04. The van der Waals surface area contributed by atoms with Crippen LogP contribution in [0.15, 0.2) is 16.8 Å². The van der Waals surface area contributed by atoms with Crippen molar-refractivity contribution in [1.82, 2.24) is 14.7 Å². The number of hydrogen-bond acceptors (Lipinski definition) is 4. The van der Waals surface area contributed by atoms with E-state index in [9.17, 15) is 0 Å². The molecular formula is C13H20N4O. The number of imidazole rings is 1. The molecule has 1 N–H and O–H groups in total. The molecule has 0 fully saturated rings. The van der Waals surface area contributed by atoms with E-state index in [4.69, 9.17) is 4.52 Å². The van der Waals surface area contributed by atoms with Crippen molar-refractivity contribution in [1.29, 1.82) is 0 Å². The van der Waals surface area contributed by atoms with Gasteiger partial charge in [-0.1, -0.05) is 19.0 Å². The Hall–Kier alpha value is -1.78. The zero-order valence-corrected chi connectivity index (χ0v) is 11.4. The lowest BCUT2D eigenvalue weighted by atomic mass is 10.2. The number of aryl methyl sites for hydroxylation is 2. The van der Waals surface area contributed by atoms with Gasteiger partial charge in [-0.25, -0.2) is 4.98 Å². The fraction of sp³-hybridized carbons (Fsp3) is 0.538. The van der Waals surface area contributed by atoms with Gasteiger partial charge in [0.2, 0.25) is 5.95 Å². The van der Waals surface area contributed by atoms with Crippen molar-refractivity contribution in [3.8, 4) is 0 Å². The predicted molar refractivity (Wildman–Crippen MR) is 70.4 cm³/mol. The average molecular weight is 248 g/mol.